The number of aliphatic hydroxyl groups is 1. The highest BCUT2D eigenvalue weighted by Crippen LogP contribution is 2.43. The Bertz CT molecular complexity index is 1870. The number of unbranched alkanes of at least 4 members (excludes halogenated alkanes) is 41. The summed E-state index contributed by atoms with van der Waals surface area (Å²) >= 11 is 0. The van der Waals surface area contributed by atoms with Crippen LogP contribution < -0.4 is 5.32 Å². The summed E-state index contributed by atoms with van der Waals surface area (Å²) in [7, 11) is 1.62. The normalized spacial score (nSPS) is 14.1. The summed E-state index contributed by atoms with van der Waals surface area (Å²) in [6, 6.07) is -0.769. The predicted octanol–water partition coefficient (Wildman–Crippen LogP) is 25.8. The molecule has 1 amide bonds. The fourth-order valence-electron chi connectivity index (χ4n) is 11.5. The SMILES string of the molecule is CC/C=C\C/C=C\C/C=C\C/C=C\C/C=C\C/C=C\C/C=C\C/C=C\C/C=C\CCCCCCCCCCCCCCCC(=O)NC(COP(=O)(O)OCC[N+](C)(C)C)C(O)CCCCCCCCCCCCCCCCCCCCCCCCCCCCCCC. The minimum atomic E-state index is -4.34. The summed E-state index contributed by atoms with van der Waals surface area (Å²) in [6.07, 6.45) is 106. The number of likely N-dealkylation sites (N-methyl/N-ethyl adjacent to an activating group) is 1. The number of carbonyl (C=O) groups excluding carboxylic acids is 1. The van der Waals surface area contributed by atoms with Crippen LogP contribution in [0.4, 0.5) is 0 Å². The average Bonchev–Trinajstić information content (AvgIpc) is 2.63. The van der Waals surface area contributed by atoms with Crippen LogP contribution in [0.1, 0.15) is 361 Å². The molecular formula is C83H152N2O6P+. The Kier molecular flexibility index (Phi) is 70.2. The Morgan fingerprint density at radius 2 is 0.652 bits per heavy atom. The lowest BCUT2D eigenvalue weighted by Gasteiger charge is -2.26. The van der Waals surface area contributed by atoms with E-state index in [1.807, 2.05) is 21.1 Å². The molecule has 0 rings (SSSR count). The van der Waals surface area contributed by atoms with Crippen molar-refractivity contribution in [3.8, 4) is 0 Å². The fraction of sp³-hybridized carbons (Fsp3) is 0.771. The number of hydrogen-bond acceptors (Lipinski definition) is 5. The third-order valence-electron chi connectivity index (χ3n) is 17.5. The molecule has 3 atom stereocenters. The van der Waals surface area contributed by atoms with Crippen LogP contribution in [-0.2, 0) is 18.4 Å². The summed E-state index contributed by atoms with van der Waals surface area (Å²) in [5.41, 5.74) is 0. The first-order chi connectivity index (χ1) is 45.0. The van der Waals surface area contributed by atoms with Crippen molar-refractivity contribution < 1.29 is 32.9 Å². The van der Waals surface area contributed by atoms with Crippen LogP contribution >= 0.6 is 7.82 Å². The van der Waals surface area contributed by atoms with Gasteiger partial charge >= 0.3 is 7.82 Å². The van der Waals surface area contributed by atoms with E-state index in [0.717, 1.165) is 96.3 Å². The van der Waals surface area contributed by atoms with Crippen LogP contribution in [0.3, 0.4) is 0 Å². The van der Waals surface area contributed by atoms with Gasteiger partial charge in [0.15, 0.2) is 0 Å². The highest BCUT2D eigenvalue weighted by Gasteiger charge is 2.28. The van der Waals surface area contributed by atoms with Gasteiger partial charge in [-0.05, 0) is 83.5 Å². The molecule has 0 aliphatic rings. The molecule has 92 heavy (non-hydrogen) atoms. The zero-order valence-corrected chi connectivity index (χ0v) is 62.2. The maximum Gasteiger partial charge on any atom is 0.472 e. The standard InChI is InChI=1S/C83H151N2O6P/c1-6-8-10-12-14-16-18-20-22-24-26-28-30-32-34-36-37-38-39-40-41-42-43-44-45-46-47-49-51-53-55-57-59-61-63-65-67-69-71-73-75-77-83(87)84-81(80-91-92(88,89)90-79-78-85(3,4)5)82(86)76-74-72-70-68-66-64-62-60-58-56-54-52-50-48-35-33-31-29-27-25-23-21-19-17-15-13-11-9-7-2/h8,10,14,16,20,22,26,28,32,34,37-38,40-41,43-44,46-47,81-82,86H,6-7,9,11-13,15,17-19,21,23-25,27,29-31,33,35-36,39,42,45,48-80H2,1-5H3,(H-,84,87,88,89)/p+1/b10-8-,16-14-,22-20-,28-26-,34-32-,38-37-,41-40-,44-43-,47-46-. The van der Waals surface area contributed by atoms with Crippen molar-refractivity contribution >= 4 is 13.7 Å². The lowest BCUT2D eigenvalue weighted by atomic mass is 10.0. The molecule has 0 saturated heterocycles. The number of nitrogens with zero attached hydrogens (tertiary/aromatic N) is 1. The molecule has 8 nitrogen and oxygen atoms in total. The second-order valence-corrected chi connectivity index (χ2v) is 29.2. The van der Waals surface area contributed by atoms with Crippen LogP contribution in [-0.4, -0.2) is 73.4 Å². The predicted molar refractivity (Wildman–Crippen MR) is 405 cm³/mol. The van der Waals surface area contributed by atoms with Gasteiger partial charge in [-0.3, -0.25) is 13.8 Å². The van der Waals surface area contributed by atoms with Crippen molar-refractivity contribution in [2.75, 3.05) is 40.9 Å². The number of amides is 1. The summed E-state index contributed by atoms with van der Waals surface area (Å²) < 4.78 is 24.0. The first kappa shape index (κ1) is 89.2. The Labute approximate surface area is 572 Å². The monoisotopic (exact) mass is 1300 g/mol. The van der Waals surface area contributed by atoms with Crippen LogP contribution in [0.5, 0.6) is 0 Å². The van der Waals surface area contributed by atoms with Crippen LogP contribution in [0.25, 0.3) is 0 Å². The number of aliphatic hydroxyl groups excluding tert-OH is 1. The fourth-order valence-corrected chi connectivity index (χ4v) is 12.3. The molecule has 0 fully saturated rings. The van der Waals surface area contributed by atoms with E-state index in [9.17, 15) is 19.4 Å². The Morgan fingerprint density at radius 3 is 0.957 bits per heavy atom. The number of allylic oxidation sites excluding steroid dienone is 18. The second kappa shape index (κ2) is 72.4. The molecular weight excluding hydrogens is 1150 g/mol. The first-order valence-corrected chi connectivity index (χ1v) is 40.7. The topological polar surface area (TPSA) is 105 Å². The van der Waals surface area contributed by atoms with Gasteiger partial charge in [0, 0.05) is 6.42 Å². The van der Waals surface area contributed by atoms with E-state index < -0.39 is 20.0 Å². The molecule has 0 aliphatic carbocycles. The molecule has 534 valence electrons. The summed E-state index contributed by atoms with van der Waals surface area (Å²) in [5.74, 6) is -0.144. The maximum atomic E-state index is 13.1. The lowest BCUT2D eigenvalue weighted by molar-refractivity contribution is -0.870. The molecule has 3 N–H and O–H groups in total. The molecule has 0 spiro atoms. The number of hydrogen-bond donors (Lipinski definition) is 3. The lowest BCUT2D eigenvalue weighted by Crippen LogP contribution is -2.46. The van der Waals surface area contributed by atoms with Gasteiger partial charge < -0.3 is 19.8 Å². The average molecular weight is 1310 g/mol. The summed E-state index contributed by atoms with van der Waals surface area (Å²) in [5, 5.41) is 14.2. The van der Waals surface area contributed by atoms with E-state index in [2.05, 4.69) is 129 Å². The van der Waals surface area contributed by atoms with Crippen molar-refractivity contribution in [3.05, 3.63) is 109 Å². The number of phosphoric acid groups is 1. The highest BCUT2D eigenvalue weighted by molar-refractivity contribution is 7.47. The maximum absolute atomic E-state index is 13.1. The van der Waals surface area contributed by atoms with Crippen molar-refractivity contribution in [3.63, 3.8) is 0 Å². The largest absolute Gasteiger partial charge is 0.472 e. The molecule has 0 aliphatic heterocycles. The van der Waals surface area contributed by atoms with Crippen LogP contribution in [0.2, 0.25) is 0 Å². The van der Waals surface area contributed by atoms with Gasteiger partial charge in [-0.25, -0.2) is 4.57 Å². The Balaban J connectivity index is 4.00. The number of quaternary nitrogens is 1. The van der Waals surface area contributed by atoms with E-state index in [0.29, 0.717) is 23.9 Å². The van der Waals surface area contributed by atoms with E-state index in [4.69, 9.17) is 9.05 Å². The van der Waals surface area contributed by atoms with E-state index >= 15 is 0 Å². The van der Waals surface area contributed by atoms with Crippen molar-refractivity contribution in [1.29, 1.82) is 0 Å². The molecule has 0 aromatic carbocycles. The van der Waals surface area contributed by atoms with Crippen LogP contribution in [0, 0.1) is 0 Å². The van der Waals surface area contributed by atoms with Gasteiger partial charge in [-0.1, -0.05) is 380 Å². The molecule has 3 unspecified atom stereocenters. The number of nitrogens with one attached hydrogen (secondary N) is 1. The molecule has 9 heteroatoms. The number of phosphoric ester groups is 1. The Hall–Kier alpha value is -2.84. The van der Waals surface area contributed by atoms with Gasteiger partial charge in [0.05, 0.1) is 39.9 Å². The van der Waals surface area contributed by atoms with Crippen molar-refractivity contribution in [2.45, 2.75) is 373 Å². The quantitative estimate of drug-likeness (QED) is 0.0243. The zero-order chi connectivity index (χ0) is 66.9. The third kappa shape index (κ3) is 74.6. The van der Waals surface area contributed by atoms with E-state index in [1.54, 1.807) is 0 Å². The van der Waals surface area contributed by atoms with Crippen molar-refractivity contribution in [1.82, 2.24) is 5.32 Å². The van der Waals surface area contributed by atoms with Gasteiger partial charge in [-0.15, -0.1) is 0 Å². The molecule has 0 saturated carbocycles. The minimum absolute atomic E-state index is 0.0719. The molecule has 0 bridgehead atoms. The number of rotatable bonds is 72. The zero-order valence-electron chi connectivity index (χ0n) is 61.3. The molecule has 0 aromatic heterocycles. The van der Waals surface area contributed by atoms with E-state index in [-0.39, 0.29) is 19.1 Å². The third-order valence-corrected chi connectivity index (χ3v) is 18.5. The van der Waals surface area contributed by atoms with Gasteiger partial charge in [-0.2, -0.15) is 0 Å². The summed E-state index contributed by atoms with van der Waals surface area (Å²) in [6.45, 7) is 4.81. The van der Waals surface area contributed by atoms with Gasteiger partial charge in [0.1, 0.15) is 13.2 Å². The Morgan fingerprint density at radius 1 is 0.380 bits per heavy atom. The minimum Gasteiger partial charge on any atom is -0.391 e. The highest BCUT2D eigenvalue weighted by atomic mass is 31.2. The smallest absolute Gasteiger partial charge is 0.391 e. The number of carbonyl (C=O) groups is 1. The molecule has 0 aromatic rings. The molecule has 0 heterocycles. The van der Waals surface area contributed by atoms with E-state index in [1.165, 1.54) is 238 Å². The summed E-state index contributed by atoms with van der Waals surface area (Å²) in [4.78, 5) is 23.5. The second-order valence-electron chi connectivity index (χ2n) is 27.7. The molecule has 0 radical (unpaired) electrons. The van der Waals surface area contributed by atoms with Gasteiger partial charge in [0.2, 0.25) is 5.91 Å². The van der Waals surface area contributed by atoms with Gasteiger partial charge in [0.25, 0.3) is 0 Å². The first-order valence-electron chi connectivity index (χ1n) is 39.3. The van der Waals surface area contributed by atoms with Crippen LogP contribution in [0.15, 0.2) is 109 Å². The van der Waals surface area contributed by atoms with Crippen molar-refractivity contribution in [2.24, 2.45) is 0 Å².